The Bertz CT molecular complexity index is 987. The second-order valence-corrected chi connectivity index (χ2v) is 7.62. The quantitative estimate of drug-likeness (QED) is 0.350. The number of nitrogens with one attached hydrogen (secondary N) is 1. The van der Waals surface area contributed by atoms with Gasteiger partial charge in [0, 0.05) is 58.4 Å². The van der Waals surface area contributed by atoms with Crippen molar-refractivity contribution < 1.29 is 24.0 Å². The third kappa shape index (κ3) is 6.42. The molecule has 1 heterocycles. The van der Waals surface area contributed by atoms with Crippen molar-refractivity contribution >= 4 is 23.2 Å². The van der Waals surface area contributed by atoms with Crippen molar-refractivity contribution in [2.24, 2.45) is 0 Å². The van der Waals surface area contributed by atoms with Gasteiger partial charge in [-0.2, -0.15) is 0 Å². The van der Waals surface area contributed by atoms with Crippen molar-refractivity contribution in [3.8, 4) is 5.75 Å². The summed E-state index contributed by atoms with van der Waals surface area (Å²) in [6.07, 6.45) is 0. The summed E-state index contributed by atoms with van der Waals surface area (Å²) >= 11 is 0. The van der Waals surface area contributed by atoms with Crippen LogP contribution in [0.5, 0.6) is 5.75 Å². The monoisotopic (exact) mass is 456 g/mol. The third-order valence-electron chi connectivity index (χ3n) is 5.43. The highest BCUT2D eigenvalue weighted by atomic mass is 16.6. The minimum Gasteiger partial charge on any atom is -0.491 e. The molecule has 2 amide bonds. The molecule has 1 aliphatic rings. The van der Waals surface area contributed by atoms with Gasteiger partial charge >= 0.3 is 0 Å². The number of carbonyl (C=O) groups excluding carboxylic acids is 2. The van der Waals surface area contributed by atoms with Crippen LogP contribution in [-0.2, 0) is 16.1 Å². The summed E-state index contributed by atoms with van der Waals surface area (Å²) in [6.45, 7) is 4.74. The highest BCUT2D eigenvalue weighted by Crippen LogP contribution is 2.30. The van der Waals surface area contributed by atoms with Crippen molar-refractivity contribution in [1.29, 1.82) is 0 Å². The molecule has 3 rings (SSSR count). The molecule has 0 spiro atoms. The summed E-state index contributed by atoms with van der Waals surface area (Å²) in [5.41, 5.74) is 1.41. The molecule has 10 nitrogen and oxygen atoms in total. The molecule has 0 bridgehead atoms. The molecular formula is C23H28N4O6. The minimum absolute atomic E-state index is 0.00979. The zero-order valence-corrected chi connectivity index (χ0v) is 18.8. The Labute approximate surface area is 192 Å². The molecule has 0 unspecified atom stereocenters. The lowest BCUT2D eigenvalue weighted by atomic mass is 10.1. The van der Waals surface area contributed by atoms with Crippen molar-refractivity contribution in [3.05, 3.63) is 63.7 Å². The van der Waals surface area contributed by atoms with Crippen LogP contribution in [0.1, 0.15) is 22.8 Å². The van der Waals surface area contributed by atoms with Gasteiger partial charge in [-0.15, -0.1) is 0 Å². The van der Waals surface area contributed by atoms with E-state index < -0.39 is 10.8 Å². The molecule has 1 fully saturated rings. The Morgan fingerprint density at radius 1 is 1.06 bits per heavy atom. The number of amides is 2. The van der Waals surface area contributed by atoms with Gasteiger partial charge in [-0.25, -0.2) is 0 Å². The van der Waals surface area contributed by atoms with E-state index in [1.54, 1.807) is 24.1 Å². The molecular weight excluding hydrogens is 428 g/mol. The van der Waals surface area contributed by atoms with Gasteiger partial charge in [0.05, 0.1) is 11.5 Å². The van der Waals surface area contributed by atoms with Gasteiger partial charge < -0.3 is 24.6 Å². The maximum absolute atomic E-state index is 12.6. The molecule has 33 heavy (non-hydrogen) atoms. The maximum Gasteiger partial charge on any atom is 0.293 e. The van der Waals surface area contributed by atoms with Gasteiger partial charge in [0.2, 0.25) is 5.91 Å². The average Bonchev–Trinajstić information content (AvgIpc) is 2.83. The summed E-state index contributed by atoms with van der Waals surface area (Å²) < 4.78 is 10.5. The maximum atomic E-state index is 12.6. The predicted molar refractivity (Wildman–Crippen MR) is 123 cm³/mol. The van der Waals surface area contributed by atoms with E-state index in [1.165, 1.54) is 13.0 Å². The lowest BCUT2D eigenvalue weighted by Gasteiger charge is -2.35. The average molecular weight is 456 g/mol. The van der Waals surface area contributed by atoms with Crippen molar-refractivity contribution in [1.82, 2.24) is 10.2 Å². The summed E-state index contributed by atoms with van der Waals surface area (Å²) in [7, 11) is 1.61. The summed E-state index contributed by atoms with van der Waals surface area (Å²) in [6, 6.07) is 11.8. The van der Waals surface area contributed by atoms with E-state index in [9.17, 15) is 19.7 Å². The number of nitro groups is 1. The zero-order chi connectivity index (χ0) is 23.8. The van der Waals surface area contributed by atoms with E-state index in [0.717, 1.165) is 5.56 Å². The molecule has 0 atom stereocenters. The molecule has 176 valence electrons. The van der Waals surface area contributed by atoms with Crippen LogP contribution in [-0.4, -0.2) is 68.1 Å². The zero-order valence-electron chi connectivity index (χ0n) is 18.8. The van der Waals surface area contributed by atoms with E-state index in [0.29, 0.717) is 50.8 Å². The van der Waals surface area contributed by atoms with Crippen molar-refractivity contribution in [3.63, 3.8) is 0 Å². The Hall–Kier alpha value is -3.66. The fourth-order valence-corrected chi connectivity index (χ4v) is 3.57. The fraction of sp³-hybridized carbons (Fsp3) is 0.391. The fourth-order valence-electron chi connectivity index (χ4n) is 3.57. The number of hydrogen-bond donors (Lipinski definition) is 1. The normalized spacial score (nSPS) is 13.5. The first-order chi connectivity index (χ1) is 15.9. The minimum atomic E-state index is -0.480. The third-order valence-corrected chi connectivity index (χ3v) is 5.43. The molecule has 2 aromatic carbocycles. The van der Waals surface area contributed by atoms with E-state index in [-0.39, 0.29) is 23.7 Å². The Morgan fingerprint density at radius 2 is 1.76 bits per heavy atom. The van der Waals surface area contributed by atoms with E-state index in [1.807, 2.05) is 29.2 Å². The number of nitrogens with zero attached hydrogens (tertiary/aromatic N) is 3. The second-order valence-electron chi connectivity index (χ2n) is 7.62. The van der Waals surface area contributed by atoms with E-state index in [4.69, 9.17) is 9.47 Å². The van der Waals surface area contributed by atoms with Gasteiger partial charge in [0.25, 0.3) is 11.6 Å². The number of anilines is 1. The number of rotatable bonds is 9. The number of ether oxygens (including phenoxy) is 2. The highest BCUT2D eigenvalue weighted by molar-refractivity contribution is 5.95. The highest BCUT2D eigenvalue weighted by Gasteiger charge is 2.25. The number of hydrogen-bond acceptors (Lipinski definition) is 7. The van der Waals surface area contributed by atoms with Gasteiger partial charge in [-0.1, -0.05) is 12.1 Å². The molecule has 10 heteroatoms. The predicted octanol–water partition coefficient (Wildman–Crippen LogP) is 2.22. The number of nitro benzene ring substituents is 1. The molecule has 0 saturated carbocycles. The van der Waals surface area contributed by atoms with Crippen LogP contribution in [0.3, 0.4) is 0 Å². The smallest absolute Gasteiger partial charge is 0.293 e. The molecule has 1 N–H and O–H groups in total. The van der Waals surface area contributed by atoms with Crippen molar-refractivity contribution in [2.45, 2.75) is 13.5 Å². The van der Waals surface area contributed by atoms with Gasteiger partial charge in [0.15, 0.2) is 0 Å². The Kier molecular flexibility index (Phi) is 8.20. The second kappa shape index (κ2) is 11.3. The molecule has 0 aliphatic carbocycles. The van der Waals surface area contributed by atoms with Crippen molar-refractivity contribution in [2.75, 3.05) is 51.4 Å². The first-order valence-corrected chi connectivity index (χ1v) is 10.7. The Balaban J connectivity index is 1.62. The van der Waals surface area contributed by atoms with Gasteiger partial charge in [-0.05, 0) is 29.8 Å². The van der Waals surface area contributed by atoms with Crippen LogP contribution in [0.15, 0.2) is 42.5 Å². The number of methoxy groups -OCH3 is 1. The molecule has 1 saturated heterocycles. The largest absolute Gasteiger partial charge is 0.491 e. The standard InChI is InChI=1S/C23H28N4O6/c1-17(28)25-9-11-26(12-10-25)21-8-5-19(15-22(21)27(30)31)23(29)24-16-18-3-6-20(7-4-18)33-14-13-32-2/h3-8,15H,9-14,16H2,1-2H3,(H,24,29). The van der Waals surface area contributed by atoms with E-state index >= 15 is 0 Å². The van der Waals surface area contributed by atoms with Crippen LogP contribution in [0, 0.1) is 10.1 Å². The number of carbonyl (C=O) groups is 2. The molecule has 1 aliphatic heterocycles. The molecule has 0 radical (unpaired) electrons. The van der Waals surface area contributed by atoms with Crippen LogP contribution in [0.25, 0.3) is 0 Å². The SMILES string of the molecule is COCCOc1ccc(CNC(=O)c2ccc(N3CCN(C(C)=O)CC3)c([N+](=O)[O-])c2)cc1. The topological polar surface area (TPSA) is 114 Å². The van der Waals surface area contributed by atoms with Crippen LogP contribution in [0.4, 0.5) is 11.4 Å². The molecule has 0 aromatic heterocycles. The van der Waals surface area contributed by atoms with Crippen LogP contribution in [0.2, 0.25) is 0 Å². The first-order valence-electron chi connectivity index (χ1n) is 10.7. The first kappa shape index (κ1) is 24.0. The lowest BCUT2D eigenvalue weighted by molar-refractivity contribution is -0.384. The van der Waals surface area contributed by atoms with E-state index in [2.05, 4.69) is 5.32 Å². The summed E-state index contributed by atoms with van der Waals surface area (Å²) in [4.78, 5) is 38.9. The number of piperazine rings is 1. The number of benzene rings is 2. The summed E-state index contributed by atoms with van der Waals surface area (Å²) in [5.74, 6) is 0.299. The Morgan fingerprint density at radius 3 is 2.36 bits per heavy atom. The van der Waals surface area contributed by atoms with Gasteiger partial charge in [-0.3, -0.25) is 19.7 Å². The molecule has 2 aromatic rings. The van der Waals surface area contributed by atoms with Crippen LogP contribution >= 0.6 is 0 Å². The summed E-state index contributed by atoms with van der Waals surface area (Å²) in [5, 5.41) is 14.5. The van der Waals surface area contributed by atoms with Gasteiger partial charge in [0.1, 0.15) is 18.0 Å². The lowest BCUT2D eigenvalue weighted by Crippen LogP contribution is -2.48. The van der Waals surface area contributed by atoms with Crippen LogP contribution < -0.4 is 15.0 Å².